The number of aliphatic carboxylic acids is 1. The van der Waals surface area contributed by atoms with E-state index in [9.17, 15) is 18.0 Å². The van der Waals surface area contributed by atoms with Crippen LogP contribution in [0, 0.1) is 12.8 Å². The zero-order valence-electron chi connectivity index (χ0n) is 14.9. The topological polar surface area (TPSA) is 91.8 Å². The number of nitrogens with zero attached hydrogens (tertiary/aromatic N) is 1. The van der Waals surface area contributed by atoms with Gasteiger partial charge in [-0.05, 0) is 31.9 Å². The van der Waals surface area contributed by atoms with E-state index < -0.39 is 32.4 Å². The number of rotatable bonds is 6. The fraction of sp³-hybridized carbons (Fsp3) is 0.556. The number of amides is 1. The minimum Gasteiger partial charge on any atom is -0.481 e. The van der Waals surface area contributed by atoms with E-state index in [1.54, 1.807) is 12.1 Å². The molecule has 0 aliphatic heterocycles. The molecule has 0 heterocycles. The molecule has 1 fully saturated rings. The maximum Gasteiger partial charge on any atom is 0.308 e. The van der Waals surface area contributed by atoms with Crippen LogP contribution in [0.2, 0.25) is 0 Å². The SMILES string of the molecule is Cc1ccc(S(=O)(=O)C2(C(=O)N(C)CC(C)C(=O)O)CCCC2)cc1. The smallest absolute Gasteiger partial charge is 0.308 e. The summed E-state index contributed by atoms with van der Waals surface area (Å²) in [6.45, 7) is 3.36. The standard InChI is InChI=1S/C18H25NO5S/c1-13-6-8-15(9-7-13)25(23,24)18(10-4-5-11-18)17(22)19(3)12-14(2)16(20)21/h6-9,14H,4-5,10-12H2,1-3H3,(H,20,21). The zero-order chi connectivity index (χ0) is 18.8. The molecular formula is C18H25NO5S. The van der Waals surface area contributed by atoms with Crippen LogP contribution in [0.5, 0.6) is 0 Å². The van der Waals surface area contributed by atoms with Crippen molar-refractivity contribution in [3.8, 4) is 0 Å². The Morgan fingerprint density at radius 2 is 1.72 bits per heavy atom. The molecular weight excluding hydrogens is 342 g/mol. The first-order valence-corrected chi connectivity index (χ1v) is 9.90. The normalized spacial score (nSPS) is 17.9. The minimum absolute atomic E-state index is 0.0145. The van der Waals surface area contributed by atoms with E-state index in [4.69, 9.17) is 5.11 Å². The van der Waals surface area contributed by atoms with E-state index in [-0.39, 0.29) is 24.3 Å². The van der Waals surface area contributed by atoms with Crippen LogP contribution in [0.4, 0.5) is 0 Å². The summed E-state index contributed by atoms with van der Waals surface area (Å²) in [5.41, 5.74) is 0.943. The van der Waals surface area contributed by atoms with Gasteiger partial charge in [-0.25, -0.2) is 8.42 Å². The highest BCUT2D eigenvalue weighted by atomic mass is 32.2. The highest BCUT2D eigenvalue weighted by molar-refractivity contribution is 7.93. The molecule has 138 valence electrons. The maximum atomic E-state index is 13.3. The fourth-order valence-corrected chi connectivity index (χ4v) is 5.56. The Kier molecular flexibility index (Phi) is 5.56. The Labute approximate surface area is 148 Å². The Bertz CT molecular complexity index is 748. The van der Waals surface area contributed by atoms with Gasteiger partial charge in [0.15, 0.2) is 14.6 Å². The van der Waals surface area contributed by atoms with Crippen molar-refractivity contribution in [3.63, 3.8) is 0 Å². The monoisotopic (exact) mass is 367 g/mol. The number of carbonyl (C=O) groups is 2. The zero-order valence-corrected chi connectivity index (χ0v) is 15.7. The van der Waals surface area contributed by atoms with Gasteiger partial charge in [0.25, 0.3) is 0 Å². The Balaban J connectivity index is 2.39. The molecule has 1 aliphatic rings. The van der Waals surface area contributed by atoms with Crippen LogP contribution in [0.3, 0.4) is 0 Å². The van der Waals surface area contributed by atoms with Gasteiger partial charge in [-0.3, -0.25) is 9.59 Å². The largest absolute Gasteiger partial charge is 0.481 e. The Hall–Kier alpha value is -1.89. The number of carbonyl (C=O) groups excluding carboxylic acids is 1. The predicted octanol–water partition coefficient (Wildman–Crippen LogP) is 2.26. The van der Waals surface area contributed by atoms with Gasteiger partial charge in [0, 0.05) is 13.6 Å². The lowest BCUT2D eigenvalue weighted by atomic mass is 10.0. The van der Waals surface area contributed by atoms with Crippen molar-refractivity contribution < 1.29 is 23.1 Å². The molecule has 1 unspecified atom stereocenters. The van der Waals surface area contributed by atoms with E-state index >= 15 is 0 Å². The molecule has 25 heavy (non-hydrogen) atoms. The van der Waals surface area contributed by atoms with Crippen molar-refractivity contribution in [1.29, 1.82) is 0 Å². The fourth-order valence-electron chi connectivity index (χ4n) is 3.41. The van der Waals surface area contributed by atoms with Gasteiger partial charge in [-0.1, -0.05) is 37.5 Å². The molecule has 0 aromatic heterocycles. The molecule has 6 nitrogen and oxygen atoms in total. The van der Waals surface area contributed by atoms with Gasteiger partial charge in [0.2, 0.25) is 5.91 Å². The molecule has 0 radical (unpaired) electrons. The lowest BCUT2D eigenvalue weighted by Gasteiger charge is -2.32. The molecule has 0 spiro atoms. The first kappa shape index (κ1) is 19.4. The summed E-state index contributed by atoms with van der Waals surface area (Å²) in [6, 6.07) is 6.52. The van der Waals surface area contributed by atoms with Gasteiger partial charge in [0.1, 0.15) is 0 Å². The third kappa shape index (κ3) is 3.56. The number of hydrogen-bond donors (Lipinski definition) is 1. The molecule has 7 heteroatoms. The molecule has 1 saturated carbocycles. The van der Waals surface area contributed by atoms with E-state index in [0.717, 1.165) is 5.56 Å². The van der Waals surface area contributed by atoms with E-state index in [1.165, 1.54) is 31.0 Å². The molecule has 1 amide bonds. The second kappa shape index (κ2) is 7.15. The molecule has 2 rings (SSSR count). The van der Waals surface area contributed by atoms with Crippen LogP contribution in [-0.2, 0) is 19.4 Å². The third-order valence-corrected chi connectivity index (χ3v) is 7.47. The van der Waals surface area contributed by atoms with Gasteiger partial charge < -0.3 is 10.0 Å². The summed E-state index contributed by atoms with van der Waals surface area (Å²) < 4.78 is 25.0. The highest BCUT2D eigenvalue weighted by Crippen LogP contribution is 2.42. The van der Waals surface area contributed by atoms with Crippen molar-refractivity contribution in [2.45, 2.75) is 49.2 Å². The Morgan fingerprint density at radius 3 is 2.20 bits per heavy atom. The van der Waals surface area contributed by atoms with Gasteiger partial charge in [-0.15, -0.1) is 0 Å². The summed E-state index contributed by atoms with van der Waals surface area (Å²) in [5, 5.41) is 9.05. The van der Waals surface area contributed by atoms with Crippen molar-refractivity contribution in [1.82, 2.24) is 4.90 Å². The second-order valence-electron chi connectivity index (χ2n) is 6.94. The highest BCUT2D eigenvalue weighted by Gasteiger charge is 2.54. The van der Waals surface area contributed by atoms with Crippen molar-refractivity contribution in [2.75, 3.05) is 13.6 Å². The van der Waals surface area contributed by atoms with Crippen LogP contribution < -0.4 is 0 Å². The molecule has 1 N–H and O–H groups in total. The van der Waals surface area contributed by atoms with Gasteiger partial charge in [0.05, 0.1) is 10.8 Å². The first-order valence-electron chi connectivity index (χ1n) is 8.41. The number of benzene rings is 1. The number of carboxylic acids is 1. The van der Waals surface area contributed by atoms with Gasteiger partial charge in [-0.2, -0.15) is 0 Å². The molecule has 1 aromatic carbocycles. The molecule has 0 saturated heterocycles. The molecule has 1 aliphatic carbocycles. The van der Waals surface area contributed by atoms with E-state index in [2.05, 4.69) is 0 Å². The lowest BCUT2D eigenvalue weighted by molar-refractivity contribution is -0.143. The summed E-state index contributed by atoms with van der Waals surface area (Å²) in [5.74, 6) is -2.27. The van der Waals surface area contributed by atoms with Crippen molar-refractivity contribution >= 4 is 21.7 Å². The van der Waals surface area contributed by atoms with Crippen LogP contribution in [0.25, 0.3) is 0 Å². The Morgan fingerprint density at radius 1 is 1.20 bits per heavy atom. The molecule has 0 bridgehead atoms. The summed E-state index contributed by atoms with van der Waals surface area (Å²) in [4.78, 5) is 25.5. The molecule has 1 aromatic rings. The lowest BCUT2D eigenvalue weighted by Crippen LogP contribution is -2.52. The minimum atomic E-state index is -3.86. The summed E-state index contributed by atoms with van der Waals surface area (Å²) in [7, 11) is -2.38. The number of aryl methyl sites for hydroxylation is 1. The van der Waals surface area contributed by atoms with Crippen LogP contribution in [0.1, 0.15) is 38.2 Å². The summed E-state index contributed by atoms with van der Waals surface area (Å²) >= 11 is 0. The summed E-state index contributed by atoms with van der Waals surface area (Å²) in [6.07, 6.45) is 1.87. The van der Waals surface area contributed by atoms with E-state index in [1.807, 2.05) is 6.92 Å². The molecule has 1 atom stereocenters. The van der Waals surface area contributed by atoms with E-state index in [0.29, 0.717) is 12.8 Å². The second-order valence-corrected chi connectivity index (χ2v) is 9.20. The van der Waals surface area contributed by atoms with Crippen LogP contribution >= 0.6 is 0 Å². The van der Waals surface area contributed by atoms with Gasteiger partial charge >= 0.3 is 5.97 Å². The number of sulfone groups is 1. The van der Waals surface area contributed by atoms with Crippen LogP contribution in [-0.4, -0.2) is 48.6 Å². The number of carboxylic acid groups (broad SMARTS) is 1. The third-order valence-electron chi connectivity index (χ3n) is 4.96. The van der Waals surface area contributed by atoms with Crippen molar-refractivity contribution in [3.05, 3.63) is 29.8 Å². The average Bonchev–Trinajstić information content (AvgIpc) is 3.05. The quantitative estimate of drug-likeness (QED) is 0.833. The van der Waals surface area contributed by atoms with Crippen molar-refractivity contribution in [2.24, 2.45) is 5.92 Å². The average molecular weight is 367 g/mol. The maximum absolute atomic E-state index is 13.3. The predicted molar refractivity (Wildman–Crippen MR) is 94.0 cm³/mol. The number of hydrogen-bond acceptors (Lipinski definition) is 4. The first-order chi connectivity index (χ1) is 11.6. The van der Waals surface area contributed by atoms with Crippen LogP contribution in [0.15, 0.2) is 29.2 Å².